The van der Waals surface area contributed by atoms with Crippen LogP contribution in [-0.2, 0) is 0 Å². The molecule has 0 amide bonds. The number of ether oxygens (including phenoxy) is 1. The summed E-state index contributed by atoms with van der Waals surface area (Å²) < 4.78 is 18.3. The number of aromatic nitrogens is 1. The number of hydrogen-bond acceptors (Lipinski definition) is 6. The van der Waals surface area contributed by atoms with Gasteiger partial charge in [0.25, 0.3) is 0 Å². The maximum absolute atomic E-state index is 13.0. The van der Waals surface area contributed by atoms with Crippen molar-refractivity contribution in [2.75, 3.05) is 5.43 Å². The first-order valence-corrected chi connectivity index (χ1v) is 10.3. The zero-order valence-corrected chi connectivity index (χ0v) is 17.4. The molecule has 7 heteroatoms. The number of carbonyl (C=O) groups is 1. The molecule has 0 atom stereocenters. The van der Waals surface area contributed by atoms with Crippen LogP contribution in [0.4, 0.5) is 9.52 Å². The summed E-state index contributed by atoms with van der Waals surface area (Å²) in [5.74, 6) is -0.558. The van der Waals surface area contributed by atoms with Crippen molar-refractivity contribution in [2.45, 2.75) is 6.92 Å². The van der Waals surface area contributed by atoms with Crippen molar-refractivity contribution >= 4 is 28.7 Å². The Morgan fingerprint density at radius 1 is 1.03 bits per heavy atom. The lowest BCUT2D eigenvalue weighted by atomic mass is 10.1. The second kappa shape index (κ2) is 9.32. The summed E-state index contributed by atoms with van der Waals surface area (Å²) in [7, 11) is 0. The van der Waals surface area contributed by atoms with Crippen molar-refractivity contribution in [1.82, 2.24) is 4.98 Å². The normalized spacial score (nSPS) is 10.9. The van der Waals surface area contributed by atoms with E-state index in [-0.39, 0.29) is 5.56 Å². The van der Waals surface area contributed by atoms with Gasteiger partial charge in [0.15, 0.2) is 0 Å². The largest absolute Gasteiger partial charge is 0.423 e. The van der Waals surface area contributed by atoms with Gasteiger partial charge in [-0.15, -0.1) is 11.3 Å². The van der Waals surface area contributed by atoms with E-state index in [0.717, 1.165) is 21.7 Å². The van der Waals surface area contributed by atoms with Gasteiger partial charge in [-0.3, -0.25) is 5.43 Å². The van der Waals surface area contributed by atoms with Crippen LogP contribution >= 0.6 is 11.3 Å². The number of hydrogen-bond donors (Lipinski definition) is 1. The smallest absolute Gasteiger partial charge is 0.343 e. The number of aryl methyl sites for hydroxylation is 1. The van der Waals surface area contributed by atoms with E-state index in [9.17, 15) is 9.18 Å². The maximum Gasteiger partial charge on any atom is 0.343 e. The first kappa shape index (κ1) is 20.4. The van der Waals surface area contributed by atoms with Gasteiger partial charge in [0, 0.05) is 10.4 Å². The van der Waals surface area contributed by atoms with E-state index in [0.29, 0.717) is 10.9 Å². The first-order chi connectivity index (χ1) is 15.1. The Balaban J connectivity index is 1.36. The van der Waals surface area contributed by atoms with Crippen LogP contribution in [-0.4, -0.2) is 17.2 Å². The molecule has 1 N–H and O–H groups in total. The van der Waals surface area contributed by atoms with Gasteiger partial charge in [0.2, 0.25) is 5.13 Å². The zero-order chi connectivity index (χ0) is 21.6. The third-order valence-corrected chi connectivity index (χ3v) is 5.26. The first-order valence-electron chi connectivity index (χ1n) is 9.48. The molecule has 4 aromatic rings. The molecular weight excluding hydrogens is 413 g/mol. The van der Waals surface area contributed by atoms with E-state index in [4.69, 9.17) is 4.74 Å². The van der Waals surface area contributed by atoms with Crippen LogP contribution in [0.15, 0.2) is 84.0 Å². The number of esters is 1. The molecule has 5 nitrogen and oxygen atoms in total. The van der Waals surface area contributed by atoms with Crippen LogP contribution < -0.4 is 10.2 Å². The number of rotatable bonds is 6. The van der Waals surface area contributed by atoms with Crippen molar-refractivity contribution in [3.05, 3.63) is 101 Å². The van der Waals surface area contributed by atoms with Gasteiger partial charge >= 0.3 is 5.97 Å². The molecule has 0 saturated carbocycles. The van der Waals surface area contributed by atoms with Crippen LogP contribution in [0.3, 0.4) is 0 Å². The highest BCUT2D eigenvalue weighted by atomic mass is 32.1. The highest BCUT2D eigenvalue weighted by Crippen LogP contribution is 2.30. The Bertz CT molecular complexity index is 1200. The Hall–Kier alpha value is -3.84. The van der Waals surface area contributed by atoms with Crippen LogP contribution in [0.25, 0.3) is 11.3 Å². The lowest BCUT2D eigenvalue weighted by molar-refractivity contribution is 0.0734. The fourth-order valence-corrected chi connectivity index (χ4v) is 3.63. The highest BCUT2D eigenvalue weighted by Gasteiger charge is 2.10. The molecule has 4 rings (SSSR count). The van der Waals surface area contributed by atoms with Crippen molar-refractivity contribution in [3.63, 3.8) is 0 Å². The molecule has 0 aliphatic carbocycles. The molecule has 0 saturated heterocycles. The van der Waals surface area contributed by atoms with Gasteiger partial charge in [-0.05, 0) is 61.0 Å². The molecule has 0 radical (unpaired) electrons. The fourth-order valence-electron chi connectivity index (χ4n) is 2.84. The monoisotopic (exact) mass is 431 g/mol. The fraction of sp³-hybridized carbons (Fsp3) is 0.0417. The number of nitrogens with one attached hydrogen (secondary N) is 1. The van der Waals surface area contributed by atoms with Crippen LogP contribution in [0, 0.1) is 12.7 Å². The van der Waals surface area contributed by atoms with E-state index < -0.39 is 11.8 Å². The Morgan fingerprint density at radius 2 is 1.74 bits per heavy atom. The average molecular weight is 431 g/mol. The maximum atomic E-state index is 13.0. The minimum Gasteiger partial charge on any atom is -0.423 e. The van der Waals surface area contributed by atoms with E-state index >= 15 is 0 Å². The molecule has 154 valence electrons. The lowest BCUT2D eigenvalue weighted by Gasteiger charge is -2.04. The van der Waals surface area contributed by atoms with Crippen LogP contribution in [0.5, 0.6) is 5.75 Å². The van der Waals surface area contributed by atoms with Gasteiger partial charge in [-0.25, -0.2) is 14.2 Å². The highest BCUT2D eigenvalue weighted by molar-refractivity contribution is 7.15. The number of anilines is 1. The topological polar surface area (TPSA) is 63.6 Å². The number of hydrazone groups is 1. The Labute approximate surface area is 182 Å². The molecule has 1 heterocycles. The summed E-state index contributed by atoms with van der Waals surface area (Å²) in [6, 6.07) is 22.1. The predicted molar refractivity (Wildman–Crippen MR) is 121 cm³/mol. The average Bonchev–Trinajstić information content (AvgIpc) is 3.16. The molecule has 0 spiro atoms. The minimum atomic E-state index is -0.545. The van der Waals surface area contributed by atoms with Gasteiger partial charge in [0.1, 0.15) is 11.6 Å². The molecule has 0 bridgehead atoms. The summed E-state index contributed by atoms with van der Waals surface area (Å²) in [6.45, 7) is 2.03. The van der Waals surface area contributed by atoms with E-state index in [1.165, 1.54) is 35.6 Å². The number of halogens is 1. The van der Waals surface area contributed by atoms with E-state index in [2.05, 4.69) is 15.5 Å². The number of benzene rings is 3. The van der Waals surface area contributed by atoms with Gasteiger partial charge in [0.05, 0.1) is 17.5 Å². The zero-order valence-electron chi connectivity index (χ0n) is 16.6. The van der Waals surface area contributed by atoms with E-state index in [1.807, 2.05) is 37.3 Å². The third kappa shape index (κ3) is 5.21. The third-order valence-electron chi connectivity index (χ3n) is 4.39. The summed E-state index contributed by atoms with van der Waals surface area (Å²) in [5, 5.41) is 4.94. The molecule has 0 aliphatic rings. The standard InChI is InChI=1S/C24H18FN3O2S/c1-16-22(18-5-3-2-4-6-18)27-24(31-16)28-26-15-17-7-13-21(14-8-17)30-23(29)19-9-11-20(25)12-10-19/h2-15H,1H3,(H,27,28)/b26-15+. The van der Waals surface area contributed by atoms with Crippen molar-refractivity contribution < 1.29 is 13.9 Å². The summed E-state index contributed by atoms with van der Waals surface area (Å²) in [4.78, 5) is 17.8. The van der Waals surface area contributed by atoms with Crippen LogP contribution in [0.2, 0.25) is 0 Å². The second-order valence-electron chi connectivity index (χ2n) is 6.63. The quantitative estimate of drug-likeness (QED) is 0.178. The molecule has 0 unspecified atom stereocenters. The lowest BCUT2D eigenvalue weighted by Crippen LogP contribution is -2.08. The van der Waals surface area contributed by atoms with Crippen molar-refractivity contribution in [2.24, 2.45) is 5.10 Å². The molecule has 0 fully saturated rings. The van der Waals surface area contributed by atoms with Crippen molar-refractivity contribution in [1.29, 1.82) is 0 Å². The predicted octanol–water partition coefficient (Wildman–Crippen LogP) is 5.92. The van der Waals surface area contributed by atoms with Gasteiger partial charge in [-0.2, -0.15) is 5.10 Å². The Morgan fingerprint density at radius 3 is 2.45 bits per heavy atom. The van der Waals surface area contributed by atoms with Crippen LogP contribution in [0.1, 0.15) is 20.8 Å². The molecule has 31 heavy (non-hydrogen) atoms. The summed E-state index contributed by atoms with van der Waals surface area (Å²) >= 11 is 1.54. The molecule has 3 aromatic carbocycles. The van der Waals surface area contributed by atoms with Gasteiger partial charge < -0.3 is 4.74 Å². The SMILES string of the molecule is Cc1sc(N/N=C/c2ccc(OC(=O)c3ccc(F)cc3)cc2)nc1-c1ccccc1. The molecule has 1 aromatic heterocycles. The Kier molecular flexibility index (Phi) is 6.14. The van der Waals surface area contributed by atoms with Crippen molar-refractivity contribution in [3.8, 4) is 17.0 Å². The van der Waals surface area contributed by atoms with Gasteiger partial charge in [-0.1, -0.05) is 30.3 Å². The molecular formula is C24H18FN3O2S. The summed E-state index contributed by atoms with van der Waals surface area (Å²) in [6.07, 6.45) is 1.66. The minimum absolute atomic E-state index is 0.282. The number of thiazole rings is 1. The second-order valence-corrected chi connectivity index (χ2v) is 7.83. The number of nitrogens with zero attached hydrogens (tertiary/aromatic N) is 2. The summed E-state index contributed by atoms with van der Waals surface area (Å²) in [5.41, 5.74) is 6.07. The number of carbonyl (C=O) groups excluding carboxylic acids is 1. The van der Waals surface area contributed by atoms with E-state index in [1.54, 1.807) is 30.5 Å². The molecule has 0 aliphatic heterocycles.